The zero-order valence-electron chi connectivity index (χ0n) is 9.17. The van der Waals surface area contributed by atoms with Crippen LogP contribution in [-0.2, 0) is 0 Å². The van der Waals surface area contributed by atoms with Crippen LogP contribution in [0.25, 0.3) is 0 Å². The molecule has 2 rings (SSSR count). The smallest absolute Gasteiger partial charge is 0.269 e. The van der Waals surface area contributed by atoms with Gasteiger partial charge in [0.15, 0.2) is 0 Å². The van der Waals surface area contributed by atoms with Crippen LogP contribution in [0.15, 0.2) is 24.3 Å². The van der Waals surface area contributed by atoms with Gasteiger partial charge in [0.2, 0.25) is 0 Å². The Balaban J connectivity index is 2.04. The van der Waals surface area contributed by atoms with Gasteiger partial charge in [-0.2, -0.15) is 5.26 Å². The lowest BCUT2D eigenvalue weighted by molar-refractivity contribution is -0.384. The second-order valence-corrected chi connectivity index (χ2v) is 3.90. The van der Waals surface area contributed by atoms with E-state index in [4.69, 9.17) is 5.26 Å². The molecule has 1 aromatic carbocycles. The van der Waals surface area contributed by atoms with E-state index in [0.717, 1.165) is 25.1 Å². The fourth-order valence-corrected chi connectivity index (χ4v) is 1.86. The van der Waals surface area contributed by atoms with Gasteiger partial charge in [0.1, 0.15) is 6.04 Å². The summed E-state index contributed by atoms with van der Waals surface area (Å²) in [6.45, 7) is 0.815. The summed E-state index contributed by atoms with van der Waals surface area (Å²) in [7, 11) is 0. The Kier molecular flexibility index (Phi) is 3.21. The van der Waals surface area contributed by atoms with Crippen molar-refractivity contribution in [2.24, 2.45) is 0 Å². The molecule has 0 bridgehead atoms. The highest BCUT2D eigenvalue weighted by atomic mass is 16.6. The van der Waals surface area contributed by atoms with Crippen LogP contribution in [0.5, 0.6) is 0 Å². The molecule has 0 radical (unpaired) electrons. The van der Waals surface area contributed by atoms with Gasteiger partial charge >= 0.3 is 0 Å². The van der Waals surface area contributed by atoms with Crippen molar-refractivity contribution in [3.05, 3.63) is 34.4 Å². The number of nitrogens with zero attached hydrogens (tertiary/aromatic N) is 3. The number of nitro benzene ring substituents is 1. The molecule has 88 valence electrons. The minimum atomic E-state index is -0.433. The number of hydrogen-bond acceptors (Lipinski definition) is 5. The molecule has 0 spiro atoms. The number of anilines is 1. The van der Waals surface area contributed by atoms with Gasteiger partial charge < -0.3 is 5.43 Å². The van der Waals surface area contributed by atoms with Crippen LogP contribution >= 0.6 is 0 Å². The van der Waals surface area contributed by atoms with E-state index < -0.39 is 4.92 Å². The third kappa shape index (κ3) is 2.52. The van der Waals surface area contributed by atoms with Crippen LogP contribution in [0.2, 0.25) is 0 Å². The monoisotopic (exact) mass is 232 g/mol. The average Bonchev–Trinajstić information content (AvgIpc) is 2.77. The van der Waals surface area contributed by atoms with Crippen molar-refractivity contribution in [3.8, 4) is 6.07 Å². The Morgan fingerprint density at radius 1 is 1.47 bits per heavy atom. The summed E-state index contributed by atoms with van der Waals surface area (Å²) in [5.41, 5.74) is 3.92. The predicted molar refractivity (Wildman–Crippen MR) is 62.1 cm³/mol. The van der Waals surface area contributed by atoms with Crippen molar-refractivity contribution in [3.63, 3.8) is 0 Å². The van der Waals surface area contributed by atoms with Gasteiger partial charge in [0.05, 0.1) is 11.0 Å². The van der Waals surface area contributed by atoms with Gasteiger partial charge in [-0.05, 0) is 25.0 Å². The maximum Gasteiger partial charge on any atom is 0.269 e. The lowest BCUT2D eigenvalue weighted by Crippen LogP contribution is -2.33. The molecular weight excluding hydrogens is 220 g/mol. The molecule has 6 heteroatoms. The highest BCUT2D eigenvalue weighted by Crippen LogP contribution is 2.20. The van der Waals surface area contributed by atoms with Crippen molar-refractivity contribution >= 4 is 11.4 Å². The highest BCUT2D eigenvalue weighted by Gasteiger charge is 2.23. The number of nitriles is 1. The lowest BCUT2D eigenvalue weighted by atomic mass is 10.2. The second-order valence-electron chi connectivity index (χ2n) is 3.90. The minimum Gasteiger partial charge on any atom is -0.318 e. The summed E-state index contributed by atoms with van der Waals surface area (Å²) in [6.07, 6.45) is 1.84. The summed E-state index contributed by atoms with van der Waals surface area (Å²) in [4.78, 5) is 10.1. The zero-order chi connectivity index (χ0) is 12.3. The molecule has 17 heavy (non-hydrogen) atoms. The van der Waals surface area contributed by atoms with Crippen molar-refractivity contribution < 1.29 is 4.92 Å². The number of non-ortho nitro benzene ring substituents is 1. The summed E-state index contributed by atoms with van der Waals surface area (Å²) >= 11 is 0. The van der Waals surface area contributed by atoms with Crippen molar-refractivity contribution in [2.75, 3.05) is 12.0 Å². The fourth-order valence-electron chi connectivity index (χ4n) is 1.86. The van der Waals surface area contributed by atoms with Gasteiger partial charge in [-0.1, -0.05) is 0 Å². The first-order chi connectivity index (χ1) is 8.20. The van der Waals surface area contributed by atoms with E-state index in [1.807, 2.05) is 5.01 Å². The third-order valence-electron chi connectivity index (χ3n) is 2.75. The molecule has 1 fully saturated rings. The van der Waals surface area contributed by atoms with Crippen LogP contribution in [-0.4, -0.2) is 22.5 Å². The van der Waals surface area contributed by atoms with Gasteiger partial charge in [-0.25, -0.2) is 5.01 Å². The largest absolute Gasteiger partial charge is 0.318 e. The number of hydrogen-bond donors (Lipinski definition) is 1. The van der Waals surface area contributed by atoms with E-state index in [-0.39, 0.29) is 11.7 Å². The first-order valence-electron chi connectivity index (χ1n) is 5.38. The summed E-state index contributed by atoms with van der Waals surface area (Å²) < 4.78 is 0. The maximum absolute atomic E-state index is 10.5. The molecule has 1 N–H and O–H groups in total. The van der Waals surface area contributed by atoms with Gasteiger partial charge in [-0.15, -0.1) is 0 Å². The molecule has 0 aromatic heterocycles. The first kappa shape index (κ1) is 11.4. The zero-order valence-corrected chi connectivity index (χ0v) is 9.17. The van der Waals surface area contributed by atoms with Crippen LogP contribution < -0.4 is 5.43 Å². The molecule has 1 aliphatic heterocycles. The summed E-state index contributed by atoms with van der Waals surface area (Å²) in [5, 5.41) is 21.3. The normalized spacial score (nSPS) is 19.8. The Bertz CT molecular complexity index is 452. The number of benzene rings is 1. The average molecular weight is 232 g/mol. The summed E-state index contributed by atoms with van der Waals surface area (Å²) in [5.74, 6) is 0. The number of hydrazine groups is 1. The number of nitro groups is 1. The lowest BCUT2D eigenvalue weighted by Gasteiger charge is -2.21. The van der Waals surface area contributed by atoms with Crippen molar-refractivity contribution in [2.45, 2.75) is 18.9 Å². The molecule has 0 amide bonds. The van der Waals surface area contributed by atoms with Crippen LogP contribution in [0.4, 0.5) is 11.4 Å². The Morgan fingerprint density at radius 2 is 2.18 bits per heavy atom. The Hall–Kier alpha value is -2.13. The van der Waals surface area contributed by atoms with E-state index in [9.17, 15) is 10.1 Å². The number of nitrogens with one attached hydrogen (secondary N) is 1. The van der Waals surface area contributed by atoms with Crippen LogP contribution in [0, 0.1) is 21.4 Å². The van der Waals surface area contributed by atoms with Gasteiger partial charge in [0, 0.05) is 24.4 Å². The van der Waals surface area contributed by atoms with Crippen LogP contribution in [0.3, 0.4) is 0 Å². The molecule has 1 aromatic rings. The molecular formula is C11H12N4O2. The quantitative estimate of drug-likeness (QED) is 0.635. The minimum absolute atomic E-state index is 0.0637. The summed E-state index contributed by atoms with van der Waals surface area (Å²) in [6, 6.07) is 8.27. The number of rotatable bonds is 3. The van der Waals surface area contributed by atoms with Crippen LogP contribution in [0.1, 0.15) is 12.8 Å². The Labute approximate surface area is 98.6 Å². The van der Waals surface area contributed by atoms with E-state index >= 15 is 0 Å². The molecule has 1 heterocycles. The van der Waals surface area contributed by atoms with E-state index in [0.29, 0.717) is 0 Å². The van der Waals surface area contributed by atoms with Crippen molar-refractivity contribution in [1.29, 1.82) is 5.26 Å². The van der Waals surface area contributed by atoms with E-state index in [1.54, 1.807) is 12.1 Å². The molecule has 0 saturated carbocycles. The third-order valence-corrected chi connectivity index (χ3v) is 2.75. The molecule has 1 aliphatic rings. The van der Waals surface area contributed by atoms with E-state index in [1.165, 1.54) is 12.1 Å². The van der Waals surface area contributed by atoms with Gasteiger partial charge in [0.25, 0.3) is 5.69 Å². The highest BCUT2D eigenvalue weighted by molar-refractivity contribution is 5.48. The molecule has 0 unspecified atom stereocenters. The second kappa shape index (κ2) is 4.80. The first-order valence-corrected chi connectivity index (χ1v) is 5.38. The molecule has 1 atom stereocenters. The molecule has 0 aliphatic carbocycles. The molecule has 1 saturated heterocycles. The van der Waals surface area contributed by atoms with E-state index in [2.05, 4.69) is 11.5 Å². The van der Waals surface area contributed by atoms with Crippen molar-refractivity contribution in [1.82, 2.24) is 5.01 Å². The topological polar surface area (TPSA) is 82.2 Å². The predicted octanol–water partition coefficient (Wildman–Crippen LogP) is 1.91. The standard InChI is InChI=1S/C11H12N4O2/c12-8-11-2-1-7-14(11)13-9-3-5-10(6-4-9)15(16)17/h3-6,11,13H,1-2,7H2/t11-/m0/s1. The maximum atomic E-state index is 10.5. The SMILES string of the molecule is N#C[C@@H]1CCCN1Nc1ccc([N+](=O)[O-])cc1. The molecule has 6 nitrogen and oxygen atoms in total. The Morgan fingerprint density at radius 3 is 2.76 bits per heavy atom. The fraction of sp³-hybridized carbons (Fsp3) is 0.364. The van der Waals surface area contributed by atoms with Gasteiger partial charge in [-0.3, -0.25) is 10.1 Å².